The van der Waals surface area contributed by atoms with Gasteiger partial charge >= 0.3 is 0 Å². The number of thiophene rings is 1. The van der Waals surface area contributed by atoms with E-state index >= 15 is 0 Å². The van der Waals surface area contributed by atoms with Crippen molar-refractivity contribution in [1.29, 1.82) is 0 Å². The van der Waals surface area contributed by atoms with E-state index in [4.69, 9.17) is 5.73 Å². The van der Waals surface area contributed by atoms with Crippen LogP contribution in [0.1, 0.15) is 20.6 Å². The number of Topliss-reactive ketones (excluding diaryl/α,β-unsaturated/α-hetero) is 1. The van der Waals surface area contributed by atoms with Crippen molar-refractivity contribution in [2.45, 2.75) is 6.04 Å². The summed E-state index contributed by atoms with van der Waals surface area (Å²) in [5.41, 5.74) is 5.81. The molecule has 0 amide bonds. The number of aromatic nitrogens is 1. The van der Waals surface area contributed by atoms with Crippen LogP contribution < -0.4 is 5.73 Å². The lowest BCUT2D eigenvalue weighted by Crippen LogP contribution is -2.19. The van der Waals surface area contributed by atoms with Crippen LogP contribution in [0.15, 0.2) is 29.8 Å². The molecular weight excluding hydrogens is 216 g/mol. The van der Waals surface area contributed by atoms with Crippen LogP contribution in [0.4, 0.5) is 0 Å². The number of hydrogen-bond acceptors (Lipinski definition) is 5. The minimum absolute atomic E-state index is 0.0602. The summed E-state index contributed by atoms with van der Waals surface area (Å²) in [5.74, 6) is -0.0602. The summed E-state index contributed by atoms with van der Waals surface area (Å²) < 4.78 is 3.88. The van der Waals surface area contributed by atoms with E-state index in [-0.39, 0.29) is 5.78 Å². The summed E-state index contributed by atoms with van der Waals surface area (Å²) in [7, 11) is 0. The highest BCUT2D eigenvalue weighted by Crippen LogP contribution is 2.21. The first kappa shape index (κ1) is 9.51. The molecule has 14 heavy (non-hydrogen) atoms. The molecule has 0 saturated heterocycles. The van der Waals surface area contributed by atoms with Gasteiger partial charge in [-0.3, -0.25) is 4.79 Å². The molecule has 0 aliphatic carbocycles. The van der Waals surface area contributed by atoms with Gasteiger partial charge in [0.05, 0.1) is 4.88 Å². The number of hydrogen-bond donors (Lipinski definition) is 1. The molecule has 72 valence electrons. The smallest absolute Gasteiger partial charge is 0.196 e. The fraction of sp³-hybridized carbons (Fsp3) is 0.111. The van der Waals surface area contributed by atoms with Gasteiger partial charge in [0.2, 0.25) is 0 Å². The average Bonchev–Trinajstić information content (AvgIpc) is 2.87. The summed E-state index contributed by atoms with van der Waals surface area (Å²) >= 11 is 2.68. The summed E-state index contributed by atoms with van der Waals surface area (Å²) in [6.07, 6.45) is 1.61. The highest BCUT2D eigenvalue weighted by molar-refractivity contribution is 7.10. The Hall–Kier alpha value is -1.04. The molecule has 2 N–H and O–H groups in total. The first-order valence-electron chi connectivity index (χ1n) is 4.03. The monoisotopic (exact) mass is 224 g/mol. The van der Waals surface area contributed by atoms with Gasteiger partial charge < -0.3 is 5.73 Å². The fourth-order valence-electron chi connectivity index (χ4n) is 1.09. The molecule has 0 radical (unpaired) electrons. The van der Waals surface area contributed by atoms with Gasteiger partial charge in [-0.25, -0.2) is 4.37 Å². The third-order valence-corrected chi connectivity index (χ3v) is 3.53. The van der Waals surface area contributed by atoms with Gasteiger partial charge in [0.15, 0.2) is 5.78 Å². The Balaban J connectivity index is 2.21. The molecule has 0 aliphatic rings. The van der Waals surface area contributed by atoms with Crippen molar-refractivity contribution in [3.05, 3.63) is 39.5 Å². The molecule has 2 aromatic rings. The van der Waals surface area contributed by atoms with Crippen LogP contribution in [-0.2, 0) is 0 Å². The van der Waals surface area contributed by atoms with Crippen molar-refractivity contribution >= 4 is 28.7 Å². The minimum atomic E-state index is -0.546. The Bertz CT molecular complexity index is 408. The number of nitrogens with zero attached hydrogens (tertiary/aromatic N) is 1. The molecule has 0 bridgehead atoms. The predicted molar refractivity (Wildman–Crippen MR) is 57.7 cm³/mol. The average molecular weight is 224 g/mol. The van der Waals surface area contributed by atoms with Crippen molar-refractivity contribution in [2.75, 3.05) is 0 Å². The van der Waals surface area contributed by atoms with Crippen molar-refractivity contribution in [3.8, 4) is 0 Å². The van der Waals surface area contributed by atoms with Gasteiger partial charge in [-0.2, -0.15) is 0 Å². The van der Waals surface area contributed by atoms with E-state index < -0.39 is 6.04 Å². The lowest BCUT2D eigenvalue weighted by Gasteiger charge is -2.05. The largest absolute Gasteiger partial charge is 0.317 e. The van der Waals surface area contributed by atoms with E-state index in [2.05, 4.69) is 4.37 Å². The number of carbonyl (C=O) groups excluding carboxylic acids is 1. The third-order valence-electron chi connectivity index (χ3n) is 1.81. The van der Waals surface area contributed by atoms with Crippen LogP contribution in [0, 0.1) is 0 Å². The van der Waals surface area contributed by atoms with E-state index in [1.165, 1.54) is 22.9 Å². The highest BCUT2D eigenvalue weighted by atomic mass is 32.1. The predicted octanol–water partition coefficient (Wildman–Crippen LogP) is 2.09. The Labute approximate surface area is 89.4 Å². The summed E-state index contributed by atoms with van der Waals surface area (Å²) in [6.45, 7) is 0. The zero-order valence-corrected chi connectivity index (χ0v) is 8.85. The number of nitrogens with two attached hydrogens (primary N) is 1. The maximum atomic E-state index is 11.8. The van der Waals surface area contributed by atoms with Crippen LogP contribution >= 0.6 is 22.9 Å². The molecule has 1 atom stereocenters. The van der Waals surface area contributed by atoms with Gasteiger partial charge in [-0.05, 0) is 29.0 Å². The van der Waals surface area contributed by atoms with Crippen LogP contribution in [-0.4, -0.2) is 10.2 Å². The number of rotatable bonds is 3. The number of ketones is 1. The SMILES string of the molecule is NC(C(=O)c1ccns1)c1cccs1. The summed E-state index contributed by atoms with van der Waals surface area (Å²) in [5, 5.41) is 1.91. The van der Waals surface area contributed by atoms with Gasteiger partial charge in [0, 0.05) is 11.1 Å². The third kappa shape index (κ3) is 1.75. The lowest BCUT2D eigenvalue weighted by atomic mass is 10.1. The molecule has 3 nitrogen and oxygen atoms in total. The molecule has 2 heterocycles. The molecule has 5 heteroatoms. The Morgan fingerprint density at radius 2 is 2.36 bits per heavy atom. The van der Waals surface area contributed by atoms with E-state index in [1.54, 1.807) is 12.3 Å². The quantitative estimate of drug-likeness (QED) is 0.812. The summed E-state index contributed by atoms with van der Waals surface area (Å²) in [4.78, 5) is 13.3. The molecule has 0 fully saturated rings. The van der Waals surface area contributed by atoms with Gasteiger partial charge in [-0.1, -0.05) is 6.07 Å². The van der Waals surface area contributed by atoms with Gasteiger partial charge in [0.25, 0.3) is 0 Å². The second-order valence-electron chi connectivity index (χ2n) is 2.73. The maximum absolute atomic E-state index is 11.8. The van der Waals surface area contributed by atoms with E-state index in [0.29, 0.717) is 4.88 Å². The molecule has 1 unspecified atom stereocenters. The second kappa shape index (κ2) is 4.00. The highest BCUT2D eigenvalue weighted by Gasteiger charge is 2.19. The molecule has 0 saturated carbocycles. The topological polar surface area (TPSA) is 56.0 Å². The molecular formula is C9H8N2OS2. The standard InChI is InChI=1S/C9H8N2OS2/c10-8(6-2-1-5-13-6)9(12)7-3-4-11-14-7/h1-5,8H,10H2. The molecule has 2 rings (SSSR count). The van der Waals surface area contributed by atoms with E-state index in [1.807, 2.05) is 17.5 Å². The first-order chi connectivity index (χ1) is 6.79. The van der Waals surface area contributed by atoms with E-state index in [0.717, 1.165) is 4.88 Å². The van der Waals surface area contributed by atoms with Crippen LogP contribution in [0.25, 0.3) is 0 Å². The van der Waals surface area contributed by atoms with Crippen LogP contribution in [0.3, 0.4) is 0 Å². The zero-order chi connectivity index (χ0) is 9.97. The van der Waals surface area contributed by atoms with Crippen molar-refractivity contribution in [1.82, 2.24) is 4.37 Å². The maximum Gasteiger partial charge on any atom is 0.196 e. The van der Waals surface area contributed by atoms with Gasteiger partial charge in [0.1, 0.15) is 6.04 Å². The lowest BCUT2D eigenvalue weighted by molar-refractivity contribution is 0.0966. The van der Waals surface area contributed by atoms with Gasteiger partial charge in [-0.15, -0.1) is 11.3 Å². The van der Waals surface area contributed by atoms with Crippen molar-refractivity contribution < 1.29 is 4.79 Å². The first-order valence-corrected chi connectivity index (χ1v) is 5.68. The minimum Gasteiger partial charge on any atom is -0.317 e. The molecule has 2 aromatic heterocycles. The summed E-state index contributed by atoms with van der Waals surface area (Å²) in [6, 6.07) is 4.91. The van der Waals surface area contributed by atoms with Crippen LogP contribution in [0.5, 0.6) is 0 Å². The second-order valence-corrected chi connectivity index (χ2v) is 4.55. The number of carbonyl (C=O) groups is 1. The molecule has 0 aliphatic heterocycles. The molecule has 0 spiro atoms. The molecule has 0 aromatic carbocycles. The normalized spacial score (nSPS) is 12.6. The van der Waals surface area contributed by atoms with Crippen molar-refractivity contribution in [2.24, 2.45) is 5.73 Å². The van der Waals surface area contributed by atoms with Crippen molar-refractivity contribution in [3.63, 3.8) is 0 Å². The van der Waals surface area contributed by atoms with Crippen LogP contribution in [0.2, 0.25) is 0 Å². The van der Waals surface area contributed by atoms with E-state index in [9.17, 15) is 4.79 Å². The Kier molecular flexibility index (Phi) is 2.72. The Morgan fingerprint density at radius 1 is 1.50 bits per heavy atom. The fourth-order valence-corrected chi connectivity index (χ4v) is 2.39. The Morgan fingerprint density at radius 3 is 2.93 bits per heavy atom. The zero-order valence-electron chi connectivity index (χ0n) is 7.21.